The van der Waals surface area contributed by atoms with Crippen molar-refractivity contribution in [3.63, 3.8) is 0 Å². The van der Waals surface area contributed by atoms with Crippen LogP contribution in [0.1, 0.15) is 18.4 Å². The molecule has 1 saturated heterocycles. The van der Waals surface area contributed by atoms with E-state index in [9.17, 15) is 19.1 Å². The Morgan fingerprint density at radius 3 is 2.57 bits per heavy atom. The summed E-state index contributed by atoms with van der Waals surface area (Å²) in [4.78, 5) is 29.7. The zero-order valence-corrected chi connectivity index (χ0v) is 16.7. The lowest BCUT2D eigenvalue weighted by atomic mass is 9.96. The van der Waals surface area contributed by atoms with Gasteiger partial charge < -0.3 is 14.7 Å². The highest BCUT2D eigenvalue weighted by Gasteiger charge is 2.44. The number of carbonyl (C=O) groups is 2. The maximum atomic E-state index is 14.5. The van der Waals surface area contributed by atoms with Crippen LogP contribution in [0.4, 0.5) is 10.1 Å². The number of ether oxygens (including phenoxy) is 1. The van der Waals surface area contributed by atoms with Gasteiger partial charge in [0.15, 0.2) is 0 Å². The van der Waals surface area contributed by atoms with Gasteiger partial charge in [-0.3, -0.25) is 9.59 Å². The Hall–Kier alpha value is -3.19. The van der Waals surface area contributed by atoms with Crippen molar-refractivity contribution in [3.8, 4) is 5.75 Å². The van der Waals surface area contributed by atoms with Crippen LogP contribution in [0.25, 0.3) is 5.57 Å². The molecule has 7 heteroatoms. The third kappa shape index (κ3) is 3.35. The average Bonchev–Trinajstić information content (AvgIpc) is 3.04. The van der Waals surface area contributed by atoms with Crippen molar-refractivity contribution in [3.05, 3.63) is 65.6 Å². The molecule has 0 aromatic heterocycles. The fourth-order valence-electron chi connectivity index (χ4n) is 4.17. The van der Waals surface area contributed by atoms with Crippen molar-refractivity contribution in [1.29, 1.82) is 0 Å². The number of para-hydroxylation sites is 2. The van der Waals surface area contributed by atoms with Gasteiger partial charge in [0.25, 0.3) is 11.8 Å². The number of anilines is 1. The number of benzene rings is 2. The second kappa shape index (κ2) is 8.28. The number of aliphatic hydroxyl groups excluding tert-OH is 1. The van der Waals surface area contributed by atoms with E-state index in [0.717, 1.165) is 17.7 Å². The Balaban J connectivity index is 1.87. The third-order valence-electron chi connectivity index (χ3n) is 5.62. The molecular weight excluding hydrogens is 387 g/mol. The molecule has 2 aliphatic heterocycles. The number of halogens is 1. The molecule has 30 heavy (non-hydrogen) atoms. The molecular formula is C23H23FN2O4. The summed E-state index contributed by atoms with van der Waals surface area (Å²) in [5.74, 6) is -1.33. The lowest BCUT2D eigenvalue weighted by Crippen LogP contribution is -2.40. The molecule has 156 valence electrons. The Morgan fingerprint density at radius 1 is 1.10 bits per heavy atom. The molecule has 0 aliphatic carbocycles. The first-order valence-corrected chi connectivity index (χ1v) is 9.93. The number of carbonyl (C=O) groups excluding carboxylic acids is 2. The minimum Gasteiger partial charge on any atom is -0.496 e. The van der Waals surface area contributed by atoms with Crippen LogP contribution < -0.4 is 9.64 Å². The van der Waals surface area contributed by atoms with E-state index in [1.165, 1.54) is 25.3 Å². The second-order valence-electron chi connectivity index (χ2n) is 7.46. The summed E-state index contributed by atoms with van der Waals surface area (Å²) >= 11 is 0. The van der Waals surface area contributed by atoms with Crippen molar-refractivity contribution in [2.45, 2.75) is 12.8 Å². The first-order chi connectivity index (χ1) is 14.6. The molecule has 1 atom stereocenters. The van der Waals surface area contributed by atoms with Crippen molar-refractivity contribution >= 4 is 23.1 Å². The van der Waals surface area contributed by atoms with Gasteiger partial charge in [-0.15, -0.1) is 0 Å². The molecule has 4 rings (SSSR count). The van der Waals surface area contributed by atoms with Gasteiger partial charge in [0.2, 0.25) is 0 Å². The minimum absolute atomic E-state index is 0.00688. The third-order valence-corrected chi connectivity index (χ3v) is 5.62. The summed E-state index contributed by atoms with van der Waals surface area (Å²) < 4.78 is 19.9. The highest BCUT2D eigenvalue weighted by Crippen LogP contribution is 2.39. The molecule has 6 nitrogen and oxygen atoms in total. The zero-order valence-electron chi connectivity index (χ0n) is 16.7. The van der Waals surface area contributed by atoms with Crippen molar-refractivity contribution in [2.75, 3.05) is 31.7 Å². The summed E-state index contributed by atoms with van der Waals surface area (Å²) in [6.45, 7) is 1.04. The van der Waals surface area contributed by atoms with Gasteiger partial charge >= 0.3 is 0 Å². The number of aliphatic hydroxyl groups is 1. The van der Waals surface area contributed by atoms with Crippen LogP contribution in [-0.4, -0.2) is 48.6 Å². The number of nitrogens with zero attached hydrogens (tertiary/aromatic N) is 2. The average molecular weight is 410 g/mol. The van der Waals surface area contributed by atoms with Crippen molar-refractivity contribution in [1.82, 2.24) is 4.90 Å². The topological polar surface area (TPSA) is 70.1 Å². The molecule has 2 amide bonds. The summed E-state index contributed by atoms with van der Waals surface area (Å²) in [6, 6.07) is 12.7. The fourth-order valence-corrected chi connectivity index (χ4v) is 4.17. The molecule has 1 N–H and O–H groups in total. The van der Waals surface area contributed by atoms with Gasteiger partial charge in [-0.05, 0) is 37.0 Å². The van der Waals surface area contributed by atoms with Gasteiger partial charge in [0, 0.05) is 25.3 Å². The van der Waals surface area contributed by atoms with Crippen LogP contribution in [0.3, 0.4) is 0 Å². The van der Waals surface area contributed by atoms with E-state index in [4.69, 9.17) is 4.74 Å². The molecule has 1 unspecified atom stereocenters. The molecule has 2 heterocycles. The number of likely N-dealkylation sites (tertiary alicyclic amines) is 1. The Kier molecular flexibility index (Phi) is 5.55. The smallest absolute Gasteiger partial charge is 0.282 e. The molecule has 0 saturated carbocycles. The number of hydrogen-bond donors (Lipinski definition) is 1. The van der Waals surface area contributed by atoms with Crippen LogP contribution in [0.5, 0.6) is 5.75 Å². The molecule has 2 aromatic rings. The van der Waals surface area contributed by atoms with E-state index in [0.29, 0.717) is 24.4 Å². The fraction of sp³-hybridized carbons (Fsp3) is 0.304. The van der Waals surface area contributed by atoms with Gasteiger partial charge in [0.05, 0.1) is 18.4 Å². The normalized spacial score (nSPS) is 19.6. The molecule has 0 bridgehead atoms. The predicted octanol–water partition coefficient (Wildman–Crippen LogP) is 2.82. The Morgan fingerprint density at radius 2 is 1.83 bits per heavy atom. The van der Waals surface area contributed by atoms with Crippen LogP contribution in [0.15, 0.2) is 54.2 Å². The van der Waals surface area contributed by atoms with E-state index >= 15 is 0 Å². The maximum Gasteiger partial charge on any atom is 0.282 e. The predicted molar refractivity (Wildman–Crippen MR) is 110 cm³/mol. The SMILES string of the molecule is COc1ccccc1C1=C(N2CCCC(CO)C2)C(=O)N(c2ccccc2F)C1=O. The van der Waals surface area contributed by atoms with Crippen LogP contribution in [0, 0.1) is 11.7 Å². The van der Waals surface area contributed by atoms with E-state index in [1.54, 1.807) is 30.3 Å². The van der Waals surface area contributed by atoms with Crippen molar-refractivity contribution in [2.24, 2.45) is 5.92 Å². The van der Waals surface area contributed by atoms with Gasteiger partial charge in [-0.1, -0.05) is 30.3 Å². The number of imide groups is 1. The zero-order chi connectivity index (χ0) is 21.3. The lowest BCUT2D eigenvalue weighted by molar-refractivity contribution is -0.121. The standard InChI is InChI=1S/C23H23FN2O4/c1-30-19-11-5-2-8-16(19)20-21(25-12-6-7-15(13-25)14-27)23(29)26(22(20)28)18-10-4-3-9-17(18)24/h2-5,8-11,15,27H,6-7,12-14H2,1H3. The van der Waals surface area contributed by atoms with Crippen LogP contribution in [0.2, 0.25) is 0 Å². The maximum absolute atomic E-state index is 14.5. The Bertz CT molecular complexity index is 1020. The first-order valence-electron chi connectivity index (χ1n) is 9.93. The molecule has 1 fully saturated rings. The number of hydrogen-bond acceptors (Lipinski definition) is 5. The lowest BCUT2D eigenvalue weighted by Gasteiger charge is -2.34. The van der Waals surface area contributed by atoms with E-state index in [2.05, 4.69) is 0 Å². The van der Waals surface area contributed by atoms with Gasteiger partial charge in [-0.2, -0.15) is 0 Å². The molecule has 0 spiro atoms. The van der Waals surface area contributed by atoms with E-state index < -0.39 is 17.6 Å². The molecule has 0 radical (unpaired) electrons. The largest absolute Gasteiger partial charge is 0.496 e. The number of amides is 2. The highest BCUT2D eigenvalue weighted by molar-refractivity contribution is 6.45. The first kappa shape index (κ1) is 20.1. The summed E-state index contributed by atoms with van der Waals surface area (Å²) in [6.07, 6.45) is 1.64. The minimum atomic E-state index is -0.647. The van der Waals surface area contributed by atoms with Gasteiger partial charge in [-0.25, -0.2) is 9.29 Å². The van der Waals surface area contributed by atoms with Gasteiger partial charge in [0.1, 0.15) is 17.3 Å². The summed E-state index contributed by atoms with van der Waals surface area (Å²) in [7, 11) is 1.50. The number of methoxy groups -OCH3 is 1. The second-order valence-corrected chi connectivity index (χ2v) is 7.46. The van der Waals surface area contributed by atoms with Crippen LogP contribution in [-0.2, 0) is 9.59 Å². The highest BCUT2D eigenvalue weighted by atomic mass is 19.1. The van der Waals surface area contributed by atoms with Crippen molar-refractivity contribution < 1.29 is 23.8 Å². The number of piperidine rings is 1. The summed E-state index contributed by atoms with van der Waals surface area (Å²) in [5, 5.41) is 9.63. The monoisotopic (exact) mass is 410 g/mol. The summed E-state index contributed by atoms with van der Waals surface area (Å²) in [5.41, 5.74) is 0.828. The Labute approximate surface area is 174 Å². The van der Waals surface area contributed by atoms with E-state index in [-0.39, 0.29) is 29.5 Å². The molecule has 2 aromatic carbocycles. The van der Waals surface area contributed by atoms with Crippen LogP contribution >= 0.6 is 0 Å². The molecule has 2 aliphatic rings. The number of rotatable bonds is 5. The quantitative estimate of drug-likeness (QED) is 0.768. The van der Waals surface area contributed by atoms with E-state index in [1.807, 2.05) is 4.90 Å².